The van der Waals surface area contributed by atoms with Gasteiger partial charge < -0.3 is 10.5 Å². The van der Waals surface area contributed by atoms with E-state index in [0.717, 1.165) is 29.6 Å². The first kappa shape index (κ1) is 18.3. The highest BCUT2D eigenvalue weighted by Gasteiger charge is 2.46. The zero-order valence-corrected chi connectivity index (χ0v) is 16.5. The van der Waals surface area contributed by atoms with Crippen LogP contribution in [0, 0.1) is 17.2 Å². The van der Waals surface area contributed by atoms with Crippen LogP contribution in [-0.4, -0.2) is 48.3 Å². The maximum atomic E-state index is 9.38. The van der Waals surface area contributed by atoms with Gasteiger partial charge in [0.1, 0.15) is 11.5 Å². The number of rotatable bonds is 6. The lowest BCUT2D eigenvalue weighted by atomic mass is 9.67. The SMILES string of the molecule is COCC1CC(CC#N)(n2cc(-c3nc(-c4cc(N)n[nH]4)cn4nccc34)cn2)C1. The van der Waals surface area contributed by atoms with Crippen molar-refractivity contribution in [3.05, 3.63) is 36.9 Å². The Morgan fingerprint density at radius 3 is 2.97 bits per heavy atom. The molecule has 0 atom stereocenters. The second kappa shape index (κ2) is 6.96. The van der Waals surface area contributed by atoms with Crippen LogP contribution in [0.25, 0.3) is 28.2 Å². The van der Waals surface area contributed by atoms with Crippen LogP contribution in [0.3, 0.4) is 0 Å². The number of nitrogens with zero attached hydrogens (tertiary/aromatic N) is 7. The van der Waals surface area contributed by atoms with Gasteiger partial charge in [-0.05, 0) is 24.8 Å². The number of nitrogens with one attached hydrogen (secondary N) is 1. The molecule has 10 heteroatoms. The summed E-state index contributed by atoms with van der Waals surface area (Å²) in [4.78, 5) is 4.83. The minimum absolute atomic E-state index is 0.290. The number of aromatic nitrogens is 7. The van der Waals surface area contributed by atoms with Crippen molar-refractivity contribution in [1.82, 2.24) is 34.6 Å². The van der Waals surface area contributed by atoms with Crippen molar-refractivity contribution in [3.63, 3.8) is 0 Å². The summed E-state index contributed by atoms with van der Waals surface area (Å²) in [6, 6.07) is 5.97. The van der Waals surface area contributed by atoms with Gasteiger partial charge in [-0.3, -0.25) is 9.78 Å². The molecule has 0 spiro atoms. The molecule has 0 bridgehead atoms. The number of H-pyrrole nitrogens is 1. The molecular weight excluding hydrogens is 382 g/mol. The molecule has 4 aromatic heterocycles. The lowest BCUT2D eigenvalue weighted by Gasteiger charge is -2.46. The van der Waals surface area contributed by atoms with Crippen molar-refractivity contribution in [2.45, 2.75) is 24.8 Å². The number of fused-ring (bicyclic) bond motifs is 1. The summed E-state index contributed by atoms with van der Waals surface area (Å²) < 4.78 is 8.97. The quantitative estimate of drug-likeness (QED) is 0.504. The fourth-order valence-corrected chi connectivity index (χ4v) is 4.37. The van der Waals surface area contributed by atoms with E-state index in [1.165, 1.54) is 0 Å². The number of nitriles is 1. The lowest BCUT2D eigenvalue weighted by Crippen LogP contribution is -2.47. The van der Waals surface area contributed by atoms with Crippen LogP contribution in [0.5, 0.6) is 0 Å². The summed E-state index contributed by atoms with van der Waals surface area (Å²) in [5.41, 5.74) is 9.33. The van der Waals surface area contributed by atoms with E-state index in [9.17, 15) is 5.26 Å². The zero-order chi connectivity index (χ0) is 20.7. The Labute approximate surface area is 172 Å². The minimum atomic E-state index is -0.290. The predicted molar refractivity (Wildman–Crippen MR) is 109 cm³/mol. The molecule has 5 rings (SSSR count). The van der Waals surface area contributed by atoms with Gasteiger partial charge in [0.15, 0.2) is 0 Å². The van der Waals surface area contributed by atoms with Crippen molar-refractivity contribution in [3.8, 4) is 28.7 Å². The third-order valence-electron chi connectivity index (χ3n) is 5.75. The number of anilines is 1. The van der Waals surface area contributed by atoms with Gasteiger partial charge in [0.2, 0.25) is 0 Å². The van der Waals surface area contributed by atoms with Crippen LogP contribution >= 0.6 is 0 Å². The first-order chi connectivity index (χ1) is 14.6. The highest BCUT2D eigenvalue weighted by atomic mass is 16.5. The Balaban J connectivity index is 1.55. The lowest BCUT2D eigenvalue weighted by molar-refractivity contribution is 0.00561. The number of aromatic amines is 1. The molecular formula is C20H21N9O. The van der Waals surface area contributed by atoms with E-state index in [1.807, 2.05) is 23.1 Å². The summed E-state index contributed by atoms with van der Waals surface area (Å²) in [7, 11) is 1.71. The smallest absolute Gasteiger partial charge is 0.145 e. The van der Waals surface area contributed by atoms with Crippen LogP contribution in [0.2, 0.25) is 0 Å². The average molecular weight is 403 g/mol. The molecule has 0 amide bonds. The Bertz CT molecular complexity index is 1240. The molecule has 1 fully saturated rings. The summed E-state index contributed by atoms with van der Waals surface area (Å²) >= 11 is 0. The van der Waals surface area contributed by atoms with E-state index in [4.69, 9.17) is 15.5 Å². The number of nitrogen functional groups attached to an aromatic ring is 1. The normalized spacial score (nSPS) is 20.9. The second-order valence-electron chi connectivity index (χ2n) is 7.80. The maximum absolute atomic E-state index is 9.38. The van der Waals surface area contributed by atoms with Gasteiger partial charge in [0, 0.05) is 31.5 Å². The van der Waals surface area contributed by atoms with Crippen LogP contribution in [0.4, 0.5) is 5.82 Å². The highest BCUT2D eigenvalue weighted by Crippen LogP contribution is 2.46. The van der Waals surface area contributed by atoms with Gasteiger partial charge >= 0.3 is 0 Å². The van der Waals surface area contributed by atoms with Crippen molar-refractivity contribution < 1.29 is 4.74 Å². The fraction of sp³-hybridized carbons (Fsp3) is 0.350. The highest BCUT2D eigenvalue weighted by molar-refractivity contribution is 5.78. The van der Waals surface area contributed by atoms with E-state index in [2.05, 4.69) is 26.5 Å². The van der Waals surface area contributed by atoms with Crippen molar-refractivity contribution >= 4 is 11.3 Å². The summed E-state index contributed by atoms with van der Waals surface area (Å²) in [6.07, 6.45) is 9.49. The first-order valence-electron chi connectivity index (χ1n) is 9.69. The van der Waals surface area contributed by atoms with E-state index >= 15 is 0 Å². The van der Waals surface area contributed by atoms with E-state index in [0.29, 0.717) is 36.2 Å². The van der Waals surface area contributed by atoms with E-state index < -0.39 is 0 Å². The third kappa shape index (κ3) is 2.91. The molecule has 1 aliphatic rings. The fourth-order valence-electron chi connectivity index (χ4n) is 4.37. The molecule has 152 valence electrons. The van der Waals surface area contributed by atoms with Crippen molar-refractivity contribution in [1.29, 1.82) is 5.26 Å². The number of nitrogens with two attached hydrogens (primary N) is 1. The minimum Gasteiger partial charge on any atom is -0.384 e. The molecule has 30 heavy (non-hydrogen) atoms. The molecule has 1 saturated carbocycles. The van der Waals surface area contributed by atoms with Crippen LogP contribution < -0.4 is 5.73 Å². The zero-order valence-electron chi connectivity index (χ0n) is 16.5. The Morgan fingerprint density at radius 2 is 2.23 bits per heavy atom. The number of methoxy groups -OCH3 is 1. The van der Waals surface area contributed by atoms with Gasteiger partial charge in [0.05, 0.1) is 53.5 Å². The van der Waals surface area contributed by atoms with Gasteiger partial charge in [-0.15, -0.1) is 0 Å². The van der Waals surface area contributed by atoms with Crippen LogP contribution in [0.1, 0.15) is 19.3 Å². The molecule has 0 aromatic carbocycles. The first-order valence-corrected chi connectivity index (χ1v) is 9.69. The van der Waals surface area contributed by atoms with E-state index in [-0.39, 0.29) is 5.54 Å². The van der Waals surface area contributed by atoms with Crippen molar-refractivity contribution in [2.75, 3.05) is 19.5 Å². The Morgan fingerprint density at radius 1 is 1.37 bits per heavy atom. The average Bonchev–Trinajstić information content (AvgIpc) is 3.45. The number of ether oxygens (including phenoxy) is 1. The summed E-state index contributed by atoms with van der Waals surface area (Å²) in [5, 5.41) is 25.2. The van der Waals surface area contributed by atoms with Gasteiger partial charge in [-0.25, -0.2) is 9.50 Å². The summed E-state index contributed by atoms with van der Waals surface area (Å²) in [5.74, 6) is 0.848. The molecule has 10 nitrogen and oxygen atoms in total. The standard InChI is InChI=1S/C20H21N9O/c1-30-12-13-7-20(8-13,3-4-21)29-10-14(9-24-29)19-17-2-5-23-28(17)11-16(25-19)15-6-18(22)27-26-15/h2,5-6,9-11,13H,3,7-8,12H2,1H3,(H3,22,26,27). The van der Waals surface area contributed by atoms with Crippen LogP contribution in [0.15, 0.2) is 36.9 Å². The number of hydrogen-bond donors (Lipinski definition) is 2. The van der Waals surface area contributed by atoms with Gasteiger partial charge in [-0.2, -0.15) is 20.6 Å². The van der Waals surface area contributed by atoms with Gasteiger partial charge in [-0.1, -0.05) is 0 Å². The van der Waals surface area contributed by atoms with E-state index in [1.54, 1.807) is 30.1 Å². The summed E-state index contributed by atoms with van der Waals surface area (Å²) in [6.45, 7) is 0.703. The Hall–Kier alpha value is -3.71. The molecule has 3 N–H and O–H groups in total. The second-order valence-corrected chi connectivity index (χ2v) is 7.80. The number of hydrogen-bond acceptors (Lipinski definition) is 7. The molecule has 1 aliphatic carbocycles. The molecule has 4 heterocycles. The van der Waals surface area contributed by atoms with Crippen LogP contribution in [-0.2, 0) is 10.3 Å². The molecule has 0 radical (unpaired) electrons. The molecule has 0 saturated heterocycles. The largest absolute Gasteiger partial charge is 0.384 e. The Kier molecular flexibility index (Phi) is 4.25. The maximum Gasteiger partial charge on any atom is 0.145 e. The molecule has 4 aromatic rings. The molecule has 0 unspecified atom stereocenters. The van der Waals surface area contributed by atoms with Gasteiger partial charge in [0.25, 0.3) is 0 Å². The van der Waals surface area contributed by atoms with Crippen molar-refractivity contribution in [2.24, 2.45) is 5.92 Å². The molecule has 0 aliphatic heterocycles. The predicted octanol–water partition coefficient (Wildman–Crippen LogP) is 2.23. The monoisotopic (exact) mass is 403 g/mol. The third-order valence-corrected chi connectivity index (χ3v) is 5.75. The topological polar surface area (TPSA) is 136 Å².